The fourth-order valence-corrected chi connectivity index (χ4v) is 4.88. The van der Waals surface area contributed by atoms with Crippen LogP contribution in [-0.2, 0) is 21.4 Å². The predicted octanol–water partition coefficient (Wildman–Crippen LogP) is 8.67. The van der Waals surface area contributed by atoms with Gasteiger partial charge in [0.1, 0.15) is 0 Å². The van der Waals surface area contributed by atoms with Gasteiger partial charge < -0.3 is 0 Å². The molecule has 0 radical (unpaired) electrons. The molecule has 0 bridgehead atoms. The molecule has 0 saturated heterocycles. The van der Waals surface area contributed by atoms with Gasteiger partial charge in [-0.1, -0.05) is 0 Å². The molecule has 1 atom stereocenters. The first-order chi connectivity index (χ1) is 15.3. The van der Waals surface area contributed by atoms with Crippen LogP contribution in [0.3, 0.4) is 0 Å². The van der Waals surface area contributed by atoms with Crippen LogP contribution in [0.5, 0.6) is 0 Å². The zero-order valence-corrected chi connectivity index (χ0v) is 22.2. The van der Waals surface area contributed by atoms with Gasteiger partial charge in [-0.15, -0.1) is 0 Å². The van der Waals surface area contributed by atoms with Crippen molar-refractivity contribution in [2.45, 2.75) is 149 Å². The molecule has 0 aliphatic carbocycles. The van der Waals surface area contributed by atoms with Crippen molar-refractivity contribution in [3.63, 3.8) is 0 Å². The molecule has 1 rings (SSSR count). The van der Waals surface area contributed by atoms with Crippen LogP contribution in [0.1, 0.15) is 142 Å². The van der Waals surface area contributed by atoms with E-state index in [1.807, 2.05) is 0 Å². The van der Waals surface area contributed by atoms with Gasteiger partial charge in [0.05, 0.1) is 0 Å². The minimum absolute atomic E-state index is 0.0557. The number of unbranched alkanes of at least 4 members (excludes halogenated alkanes) is 7. The van der Waals surface area contributed by atoms with Crippen LogP contribution >= 0.6 is 0 Å². The molecule has 1 heterocycles. The number of esters is 1. The molecular weight excluding hydrogens is 391 g/mol. The number of ether oxygens (including phenoxy) is 1. The van der Waals surface area contributed by atoms with E-state index in [1.54, 1.807) is 0 Å². The van der Waals surface area contributed by atoms with Crippen molar-refractivity contribution < 1.29 is 9.53 Å². The van der Waals surface area contributed by atoms with Gasteiger partial charge in [0.15, 0.2) is 0 Å². The van der Waals surface area contributed by atoms with Crippen molar-refractivity contribution in [1.29, 1.82) is 0 Å². The Hall–Kier alpha value is -1.12. The van der Waals surface area contributed by atoms with E-state index < -0.39 is 0 Å². The van der Waals surface area contributed by atoms with Gasteiger partial charge in [0, 0.05) is 0 Å². The summed E-state index contributed by atoms with van der Waals surface area (Å²) in [5.74, 6) is 2.06. The monoisotopic (exact) mass is 442 g/mol. The Morgan fingerprint density at radius 2 is 1.44 bits per heavy atom. The normalized spacial score (nSPS) is 13.6. The summed E-state index contributed by atoms with van der Waals surface area (Å²) in [6.45, 7) is 15.8. The molecule has 2 nitrogen and oxygen atoms in total. The molecule has 0 spiro atoms. The van der Waals surface area contributed by atoms with Crippen molar-refractivity contribution in [1.82, 2.24) is 0 Å². The fourth-order valence-electron chi connectivity index (χ4n) is 4.88. The topological polar surface area (TPSA) is 26.3 Å². The SMILES string of the molecule is CCCCCCC(C)(CCCCCC)OC(=O)Cc1cccbc1C(C)(CC)CCCC. The van der Waals surface area contributed by atoms with E-state index in [0.717, 1.165) is 37.7 Å². The second-order valence-electron chi connectivity index (χ2n) is 10.4. The molecule has 0 aliphatic rings. The molecule has 32 heavy (non-hydrogen) atoms. The van der Waals surface area contributed by atoms with Crippen LogP contribution < -0.4 is 0 Å². The third kappa shape index (κ3) is 10.2. The summed E-state index contributed by atoms with van der Waals surface area (Å²) in [7, 11) is 0. The van der Waals surface area contributed by atoms with Gasteiger partial charge in [0.25, 0.3) is 0 Å². The average Bonchev–Trinajstić information content (AvgIpc) is 2.78. The maximum absolute atomic E-state index is 13.2. The third-order valence-corrected chi connectivity index (χ3v) is 7.34. The summed E-state index contributed by atoms with van der Waals surface area (Å²) in [5.41, 5.74) is 2.28. The van der Waals surface area contributed by atoms with E-state index in [0.29, 0.717) is 6.42 Å². The zero-order chi connectivity index (χ0) is 23.9. The molecule has 0 fully saturated rings. The quantitative estimate of drug-likeness (QED) is 0.168. The first kappa shape index (κ1) is 28.9. The number of carbonyl (C=O) groups is 1. The molecule has 3 heteroatoms. The first-order valence-electron chi connectivity index (χ1n) is 13.6. The summed E-state index contributed by atoms with van der Waals surface area (Å²) >= 11 is 0. The first-order valence-corrected chi connectivity index (χ1v) is 13.6. The molecule has 0 aromatic carbocycles. The van der Waals surface area contributed by atoms with E-state index in [-0.39, 0.29) is 17.0 Å². The summed E-state index contributed by atoms with van der Waals surface area (Å²) < 4.78 is 6.25. The second kappa shape index (κ2) is 15.7. The van der Waals surface area contributed by atoms with Gasteiger partial charge in [-0.3, -0.25) is 0 Å². The van der Waals surface area contributed by atoms with E-state index in [1.165, 1.54) is 63.2 Å². The van der Waals surface area contributed by atoms with Crippen molar-refractivity contribution in [3.05, 3.63) is 29.1 Å². The fraction of sp³-hybridized carbons (Fsp3) is 0.793. The van der Waals surface area contributed by atoms with Crippen LogP contribution in [0, 0.1) is 0 Å². The van der Waals surface area contributed by atoms with Crippen LogP contribution in [0.25, 0.3) is 0 Å². The van der Waals surface area contributed by atoms with Crippen LogP contribution in [0.2, 0.25) is 0 Å². The third-order valence-electron chi connectivity index (χ3n) is 7.34. The number of hydrogen-bond donors (Lipinski definition) is 0. The summed E-state index contributed by atoms with van der Waals surface area (Å²) in [6, 6.07) is 4.20. The molecule has 1 aromatic heterocycles. The van der Waals surface area contributed by atoms with E-state index >= 15 is 0 Å². The molecule has 0 aliphatic heterocycles. The molecule has 0 saturated carbocycles. The molecule has 1 unspecified atom stereocenters. The Morgan fingerprint density at radius 1 is 0.844 bits per heavy atom. The second-order valence-corrected chi connectivity index (χ2v) is 10.4. The van der Waals surface area contributed by atoms with Crippen molar-refractivity contribution >= 4 is 12.9 Å². The summed E-state index contributed by atoms with van der Waals surface area (Å²) in [5, 5.41) is 0. The summed E-state index contributed by atoms with van der Waals surface area (Å²) in [4.78, 5) is 13.2. The molecule has 0 N–H and O–H groups in total. The zero-order valence-electron chi connectivity index (χ0n) is 22.2. The predicted molar refractivity (Wildman–Crippen MR) is 141 cm³/mol. The number of carbonyl (C=O) groups excluding carboxylic acids is 1. The van der Waals surface area contributed by atoms with Gasteiger partial charge in [0.2, 0.25) is 0 Å². The van der Waals surface area contributed by atoms with Gasteiger partial charge in [-0.05, 0) is 0 Å². The molecule has 182 valence electrons. The maximum atomic E-state index is 13.2. The molecule has 1 aromatic rings. The number of rotatable bonds is 18. The van der Waals surface area contributed by atoms with E-state index in [9.17, 15) is 4.79 Å². The number of hydrogen-bond acceptors (Lipinski definition) is 2. The Bertz CT molecular complexity index is 630. The average molecular weight is 443 g/mol. The van der Waals surface area contributed by atoms with Crippen LogP contribution in [0.15, 0.2) is 18.1 Å². The minimum atomic E-state index is -0.330. The standard InChI is InChI=1S/C29H51BO2/c1-7-11-14-16-21-29(6,22-17-15-12-8-2)32-26(31)24-25-19-18-23-30-27(25)28(5,10-4)20-13-9-3/h18-19,23H,7-17,20-22,24H2,1-6H3. The van der Waals surface area contributed by atoms with Gasteiger partial charge in [-0.25, -0.2) is 0 Å². The van der Waals surface area contributed by atoms with Crippen molar-refractivity contribution in [2.75, 3.05) is 0 Å². The van der Waals surface area contributed by atoms with Crippen molar-refractivity contribution in [2.24, 2.45) is 0 Å². The van der Waals surface area contributed by atoms with Crippen molar-refractivity contribution in [3.8, 4) is 0 Å². The Kier molecular flexibility index (Phi) is 14.2. The van der Waals surface area contributed by atoms with Gasteiger partial charge >= 0.3 is 200 Å². The van der Waals surface area contributed by atoms with E-state index in [4.69, 9.17) is 4.74 Å². The Morgan fingerprint density at radius 3 is 1.97 bits per heavy atom. The molecular formula is C29H51BO2. The summed E-state index contributed by atoms with van der Waals surface area (Å²) in [6.07, 6.45) is 16.8. The van der Waals surface area contributed by atoms with Crippen LogP contribution in [0.4, 0.5) is 0 Å². The van der Waals surface area contributed by atoms with Crippen LogP contribution in [-0.4, -0.2) is 18.5 Å². The Balaban J connectivity index is 2.90. The molecule has 0 amide bonds. The van der Waals surface area contributed by atoms with E-state index in [2.05, 4.69) is 66.5 Å². The van der Waals surface area contributed by atoms with Gasteiger partial charge in [-0.2, -0.15) is 0 Å². The Labute approximate surface area is 200 Å².